The Labute approximate surface area is 189 Å². The lowest BCUT2D eigenvalue weighted by atomic mass is 10.1. The van der Waals surface area contributed by atoms with E-state index in [0.29, 0.717) is 17.4 Å². The zero-order valence-corrected chi connectivity index (χ0v) is 18.8. The van der Waals surface area contributed by atoms with Crippen molar-refractivity contribution in [3.63, 3.8) is 0 Å². The molecule has 4 aromatic heterocycles. The van der Waals surface area contributed by atoms with Crippen molar-refractivity contribution < 1.29 is 4.79 Å². The fraction of sp³-hybridized carbons (Fsp3) is 0.273. The number of hydrogen-bond donors (Lipinski definition) is 1. The summed E-state index contributed by atoms with van der Waals surface area (Å²) in [6.45, 7) is 3.71. The van der Waals surface area contributed by atoms with Gasteiger partial charge in [-0.1, -0.05) is 11.3 Å². The molecule has 10 heteroatoms. The molecule has 162 valence electrons. The fourth-order valence-corrected chi connectivity index (χ4v) is 4.16. The molecule has 0 unspecified atom stereocenters. The number of likely N-dealkylation sites (N-methyl/N-ethyl adjacent to an activating group) is 1. The number of nitrogens with zero attached hydrogens (tertiary/aromatic N) is 7. The molecule has 1 saturated heterocycles. The van der Waals surface area contributed by atoms with Crippen LogP contribution in [0.4, 0.5) is 11.6 Å². The van der Waals surface area contributed by atoms with Crippen LogP contribution in [0.15, 0.2) is 42.7 Å². The van der Waals surface area contributed by atoms with Gasteiger partial charge in [0.25, 0.3) is 5.91 Å². The molecule has 0 atom stereocenters. The topological polar surface area (TPSA) is 100 Å². The van der Waals surface area contributed by atoms with Crippen molar-refractivity contribution in [1.29, 1.82) is 0 Å². The van der Waals surface area contributed by atoms with Gasteiger partial charge in [-0.15, -0.1) is 10.2 Å². The number of amides is 1. The third kappa shape index (κ3) is 4.02. The van der Waals surface area contributed by atoms with Gasteiger partial charge in [-0.25, -0.2) is 15.0 Å². The number of fused-ring (bicyclic) bond motifs is 1. The molecule has 1 fully saturated rings. The Morgan fingerprint density at radius 3 is 2.75 bits per heavy atom. The Morgan fingerprint density at radius 1 is 1.16 bits per heavy atom. The van der Waals surface area contributed by atoms with Crippen molar-refractivity contribution in [3.05, 3.63) is 53.3 Å². The lowest BCUT2D eigenvalue weighted by Crippen LogP contribution is -2.57. The molecule has 0 radical (unpaired) electrons. The highest BCUT2D eigenvalue weighted by molar-refractivity contribution is 7.14. The number of carbonyl (C=O) groups is 1. The summed E-state index contributed by atoms with van der Waals surface area (Å²) in [7, 11) is 4.14. The normalized spacial score (nSPS) is 14.1. The fourth-order valence-electron chi connectivity index (χ4n) is 3.49. The molecule has 1 aliphatic heterocycles. The van der Waals surface area contributed by atoms with Crippen LogP contribution in [0.1, 0.15) is 15.4 Å². The van der Waals surface area contributed by atoms with E-state index in [4.69, 9.17) is 0 Å². The number of pyridine rings is 3. The van der Waals surface area contributed by atoms with Crippen molar-refractivity contribution in [2.75, 3.05) is 37.4 Å². The molecule has 0 aliphatic carbocycles. The molecular formula is C22H22N8OS. The van der Waals surface area contributed by atoms with Gasteiger partial charge in [-0.05, 0) is 45.3 Å². The molecule has 0 spiro atoms. The number of aryl methyl sites for hydroxylation is 1. The van der Waals surface area contributed by atoms with Crippen LogP contribution >= 0.6 is 11.3 Å². The third-order valence-corrected chi connectivity index (χ3v) is 6.35. The maximum Gasteiger partial charge on any atom is 0.257 e. The average molecular weight is 447 g/mol. The van der Waals surface area contributed by atoms with Crippen LogP contribution in [0.25, 0.3) is 21.6 Å². The van der Waals surface area contributed by atoms with E-state index in [-0.39, 0.29) is 5.91 Å². The van der Waals surface area contributed by atoms with Gasteiger partial charge >= 0.3 is 0 Å². The number of rotatable bonds is 5. The van der Waals surface area contributed by atoms with Crippen LogP contribution in [0.2, 0.25) is 0 Å². The van der Waals surface area contributed by atoms with E-state index >= 15 is 0 Å². The number of anilines is 2. The lowest BCUT2D eigenvalue weighted by molar-refractivity contribution is 0.102. The summed E-state index contributed by atoms with van der Waals surface area (Å²) in [6.07, 6.45) is 3.37. The molecule has 4 aromatic rings. The summed E-state index contributed by atoms with van der Waals surface area (Å²) in [4.78, 5) is 30.7. The van der Waals surface area contributed by atoms with Crippen molar-refractivity contribution in [3.8, 4) is 10.7 Å². The van der Waals surface area contributed by atoms with Crippen molar-refractivity contribution >= 4 is 39.8 Å². The van der Waals surface area contributed by atoms with Crippen molar-refractivity contribution in [2.45, 2.75) is 13.0 Å². The van der Waals surface area contributed by atoms with Gasteiger partial charge in [-0.3, -0.25) is 4.79 Å². The first kappa shape index (κ1) is 20.4. The van der Waals surface area contributed by atoms with Crippen molar-refractivity contribution in [2.24, 2.45) is 0 Å². The number of hydrogen-bond acceptors (Lipinski definition) is 9. The summed E-state index contributed by atoms with van der Waals surface area (Å²) in [5.74, 6) is 1.01. The van der Waals surface area contributed by atoms with E-state index < -0.39 is 0 Å². The largest absolute Gasteiger partial charge is 0.353 e. The quantitative estimate of drug-likeness (QED) is 0.500. The second-order valence-corrected chi connectivity index (χ2v) is 9.15. The van der Waals surface area contributed by atoms with E-state index in [9.17, 15) is 4.79 Å². The average Bonchev–Trinajstić information content (AvgIpc) is 3.18. The summed E-state index contributed by atoms with van der Waals surface area (Å²) >= 11 is 1.49. The first-order chi connectivity index (χ1) is 15.5. The second kappa shape index (κ2) is 8.21. The van der Waals surface area contributed by atoms with Gasteiger partial charge in [0.1, 0.15) is 22.3 Å². The van der Waals surface area contributed by atoms with E-state index in [1.807, 2.05) is 25.1 Å². The minimum absolute atomic E-state index is 0.235. The van der Waals surface area contributed by atoms with E-state index in [1.54, 1.807) is 24.5 Å². The van der Waals surface area contributed by atoms with Crippen LogP contribution in [0.5, 0.6) is 0 Å². The molecule has 1 amide bonds. The summed E-state index contributed by atoms with van der Waals surface area (Å²) in [6, 6.07) is 9.64. The predicted octanol–water partition coefficient (Wildman–Crippen LogP) is 2.85. The molecule has 0 saturated carbocycles. The van der Waals surface area contributed by atoms with Gasteiger partial charge in [-0.2, -0.15) is 0 Å². The summed E-state index contributed by atoms with van der Waals surface area (Å²) in [5, 5.41) is 13.6. The number of nitrogens with one attached hydrogen (secondary N) is 1. The highest BCUT2D eigenvalue weighted by Crippen LogP contribution is 2.25. The summed E-state index contributed by atoms with van der Waals surface area (Å²) in [5.41, 5.74) is 2.01. The minimum Gasteiger partial charge on any atom is -0.353 e. The van der Waals surface area contributed by atoms with Gasteiger partial charge < -0.3 is 15.1 Å². The maximum atomic E-state index is 12.9. The Balaban J connectivity index is 1.34. The smallest absolute Gasteiger partial charge is 0.257 e. The van der Waals surface area contributed by atoms with E-state index in [0.717, 1.165) is 45.5 Å². The maximum absolute atomic E-state index is 12.9. The Hall–Kier alpha value is -3.50. The molecule has 1 N–H and O–H groups in total. The number of aromatic nitrogens is 5. The molecule has 9 nitrogen and oxygen atoms in total. The van der Waals surface area contributed by atoms with Crippen molar-refractivity contribution in [1.82, 2.24) is 30.0 Å². The van der Waals surface area contributed by atoms with Crippen LogP contribution in [0, 0.1) is 6.92 Å². The molecule has 1 aliphatic rings. The van der Waals surface area contributed by atoms with Gasteiger partial charge in [0.05, 0.1) is 5.52 Å². The van der Waals surface area contributed by atoms with Crippen LogP contribution in [-0.4, -0.2) is 69.2 Å². The van der Waals surface area contributed by atoms with E-state index in [2.05, 4.69) is 54.4 Å². The van der Waals surface area contributed by atoms with Crippen LogP contribution in [0.3, 0.4) is 0 Å². The highest BCUT2D eigenvalue weighted by atomic mass is 32.1. The first-order valence-corrected chi connectivity index (χ1v) is 11.0. The Morgan fingerprint density at radius 2 is 2.00 bits per heavy atom. The van der Waals surface area contributed by atoms with Crippen LogP contribution < -0.4 is 10.2 Å². The number of carbonyl (C=O) groups excluding carboxylic acids is 1. The summed E-state index contributed by atoms with van der Waals surface area (Å²) < 4.78 is 0. The SMILES string of the molecule is Cc1nnc(-c2ccc3cnc(NC(=O)c4ccnc(N5CC(N(C)C)C5)c4)cc3n2)s1. The van der Waals surface area contributed by atoms with Gasteiger partial charge in [0.2, 0.25) is 0 Å². The standard InChI is InChI=1S/C22H22N8OS/c1-13-27-28-22(32-13)17-5-4-15-10-24-19(9-18(15)25-17)26-21(31)14-6-7-23-20(8-14)30-11-16(12-30)29(2)3/h4-10,16H,11-12H2,1-3H3,(H,24,26,31). The molecule has 5 rings (SSSR count). The Bertz CT molecular complexity index is 1300. The van der Waals surface area contributed by atoms with Gasteiger partial charge in [0.15, 0.2) is 5.01 Å². The molecule has 5 heterocycles. The monoisotopic (exact) mass is 446 g/mol. The highest BCUT2D eigenvalue weighted by Gasteiger charge is 2.29. The molecule has 0 aromatic carbocycles. The predicted molar refractivity (Wildman–Crippen MR) is 125 cm³/mol. The third-order valence-electron chi connectivity index (χ3n) is 5.48. The lowest BCUT2D eigenvalue weighted by Gasteiger charge is -2.43. The molecule has 0 bridgehead atoms. The Kier molecular flexibility index (Phi) is 5.24. The molecular weight excluding hydrogens is 424 g/mol. The second-order valence-electron chi connectivity index (χ2n) is 7.96. The van der Waals surface area contributed by atoms with E-state index in [1.165, 1.54) is 11.3 Å². The molecule has 32 heavy (non-hydrogen) atoms. The zero-order chi connectivity index (χ0) is 22.2. The minimum atomic E-state index is -0.235. The van der Waals surface area contributed by atoms with Crippen LogP contribution in [-0.2, 0) is 0 Å². The van der Waals surface area contributed by atoms with Gasteiger partial charge in [0, 0.05) is 48.5 Å². The first-order valence-electron chi connectivity index (χ1n) is 10.2. The zero-order valence-electron chi connectivity index (χ0n) is 18.0.